The fourth-order valence-electron chi connectivity index (χ4n) is 5.28. The molecule has 166 valence electrons. The molecule has 0 radical (unpaired) electrons. The van der Waals surface area contributed by atoms with E-state index in [1.54, 1.807) is 0 Å². The third-order valence-corrected chi connectivity index (χ3v) is 6.89. The van der Waals surface area contributed by atoms with E-state index >= 15 is 0 Å². The van der Waals surface area contributed by atoms with Crippen LogP contribution < -0.4 is 5.32 Å². The van der Waals surface area contributed by atoms with E-state index < -0.39 is 0 Å². The highest BCUT2D eigenvalue weighted by Crippen LogP contribution is 2.33. The number of anilines is 1. The van der Waals surface area contributed by atoms with Crippen molar-refractivity contribution >= 4 is 22.8 Å². The second-order valence-corrected chi connectivity index (χ2v) is 9.14. The van der Waals surface area contributed by atoms with Crippen LogP contribution in [0.4, 0.5) is 10.6 Å². The largest absolute Gasteiger partial charge is 0.354 e. The minimum atomic E-state index is -0.0921. The molecule has 0 spiro atoms. The van der Waals surface area contributed by atoms with Gasteiger partial charge in [-0.15, -0.1) is 0 Å². The van der Waals surface area contributed by atoms with Gasteiger partial charge in [-0.1, -0.05) is 65.8 Å². The monoisotopic (exact) mass is 438 g/mol. The molecule has 6 heteroatoms. The van der Waals surface area contributed by atoms with Gasteiger partial charge < -0.3 is 9.42 Å². The molecule has 2 aliphatic rings. The first-order valence-electron chi connectivity index (χ1n) is 11.5. The summed E-state index contributed by atoms with van der Waals surface area (Å²) in [5.41, 5.74) is 4.52. The molecule has 0 unspecified atom stereocenters. The zero-order chi connectivity index (χ0) is 22.2. The van der Waals surface area contributed by atoms with Crippen LogP contribution >= 0.6 is 0 Å². The number of para-hydroxylation sites is 1. The standard InChI is InChI=1S/C27H26N4O2/c32-27(28-26-24-11-4-5-12-25(24)33-29-26)31-17-22-15-30(16-23(22)18-31)14-19-7-6-10-21(13-19)20-8-2-1-3-9-20/h1-13,22-23H,14-18H2,(H,28,29,32)/t22-,23+. The van der Waals surface area contributed by atoms with Gasteiger partial charge in [0, 0.05) is 32.7 Å². The summed E-state index contributed by atoms with van der Waals surface area (Å²) in [4.78, 5) is 17.3. The lowest BCUT2D eigenvalue weighted by atomic mass is 10.0. The summed E-state index contributed by atoms with van der Waals surface area (Å²) in [5, 5.41) is 7.79. The smallest absolute Gasteiger partial charge is 0.323 e. The van der Waals surface area contributed by atoms with Crippen LogP contribution in [-0.4, -0.2) is 47.2 Å². The minimum Gasteiger partial charge on any atom is -0.354 e. The van der Waals surface area contributed by atoms with Gasteiger partial charge >= 0.3 is 6.03 Å². The van der Waals surface area contributed by atoms with E-state index in [0.717, 1.165) is 38.1 Å². The molecule has 4 aromatic rings. The summed E-state index contributed by atoms with van der Waals surface area (Å²) in [7, 11) is 0. The Bertz CT molecular complexity index is 1270. The number of hydrogen-bond acceptors (Lipinski definition) is 4. The van der Waals surface area contributed by atoms with Crippen LogP contribution in [0.25, 0.3) is 22.1 Å². The number of aromatic nitrogens is 1. The number of rotatable bonds is 4. The van der Waals surface area contributed by atoms with Gasteiger partial charge in [-0.05, 0) is 46.7 Å². The third kappa shape index (κ3) is 3.98. The van der Waals surface area contributed by atoms with E-state index in [1.807, 2.05) is 35.2 Å². The lowest BCUT2D eigenvalue weighted by Crippen LogP contribution is -2.36. The van der Waals surface area contributed by atoms with E-state index in [-0.39, 0.29) is 6.03 Å². The molecule has 2 fully saturated rings. The first-order chi connectivity index (χ1) is 16.2. The predicted octanol–water partition coefficient (Wildman–Crippen LogP) is 5.09. The van der Waals surface area contributed by atoms with Gasteiger partial charge in [-0.25, -0.2) is 4.79 Å². The zero-order valence-corrected chi connectivity index (χ0v) is 18.4. The van der Waals surface area contributed by atoms with Gasteiger partial charge in [-0.2, -0.15) is 0 Å². The number of amides is 2. The minimum absolute atomic E-state index is 0.0921. The zero-order valence-electron chi connectivity index (χ0n) is 18.4. The molecule has 1 N–H and O–H groups in total. The van der Waals surface area contributed by atoms with Gasteiger partial charge in [0.15, 0.2) is 11.4 Å². The number of urea groups is 1. The molecule has 2 atom stereocenters. The molecular weight excluding hydrogens is 412 g/mol. The van der Waals surface area contributed by atoms with Gasteiger partial charge in [-0.3, -0.25) is 10.2 Å². The maximum Gasteiger partial charge on any atom is 0.323 e. The number of likely N-dealkylation sites (tertiary alicyclic amines) is 2. The van der Waals surface area contributed by atoms with Crippen molar-refractivity contribution in [3.8, 4) is 11.1 Å². The Kier molecular flexibility index (Phi) is 5.07. The summed E-state index contributed by atoms with van der Waals surface area (Å²) in [5.74, 6) is 1.52. The van der Waals surface area contributed by atoms with Crippen molar-refractivity contribution in [1.29, 1.82) is 0 Å². The first-order valence-corrected chi connectivity index (χ1v) is 11.5. The Hall–Kier alpha value is -3.64. The molecule has 0 saturated carbocycles. The van der Waals surface area contributed by atoms with Crippen molar-refractivity contribution in [3.63, 3.8) is 0 Å². The van der Waals surface area contributed by atoms with Crippen LogP contribution in [-0.2, 0) is 6.54 Å². The molecule has 3 heterocycles. The number of hydrogen-bond donors (Lipinski definition) is 1. The Morgan fingerprint density at radius 2 is 1.61 bits per heavy atom. The molecule has 2 aliphatic heterocycles. The number of nitrogens with zero attached hydrogens (tertiary/aromatic N) is 3. The normalized spacial score (nSPS) is 20.3. The average Bonchev–Trinajstić information content (AvgIpc) is 3.54. The van der Waals surface area contributed by atoms with E-state index in [2.05, 4.69) is 63.9 Å². The van der Waals surface area contributed by atoms with Gasteiger partial charge in [0.1, 0.15) is 0 Å². The van der Waals surface area contributed by atoms with Crippen molar-refractivity contribution in [1.82, 2.24) is 15.0 Å². The summed E-state index contributed by atoms with van der Waals surface area (Å²) >= 11 is 0. The number of fused-ring (bicyclic) bond motifs is 2. The van der Waals surface area contributed by atoms with E-state index in [4.69, 9.17) is 4.52 Å². The molecule has 6 nitrogen and oxygen atoms in total. The molecule has 0 aliphatic carbocycles. The molecule has 2 amide bonds. The Morgan fingerprint density at radius 3 is 2.42 bits per heavy atom. The molecule has 6 rings (SSSR count). The predicted molar refractivity (Wildman–Crippen MR) is 129 cm³/mol. The fourth-order valence-corrected chi connectivity index (χ4v) is 5.28. The Morgan fingerprint density at radius 1 is 0.879 bits per heavy atom. The number of nitrogens with one attached hydrogen (secondary N) is 1. The third-order valence-electron chi connectivity index (χ3n) is 6.89. The quantitative estimate of drug-likeness (QED) is 0.482. The molecule has 0 bridgehead atoms. The lowest BCUT2D eigenvalue weighted by Gasteiger charge is -2.22. The Labute approximate surface area is 192 Å². The number of carbonyl (C=O) groups excluding carboxylic acids is 1. The number of carbonyl (C=O) groups is 1. The van der Waals surface area contributed by atoms with Crippen LogP contribution in [0.2, 0.25) is 0 Å². The van der Waals surface area contributed by atoms with E-state index in [9.17, 15) is 4.79 Å². The molecule has 1 aromatic heterocycles. The molecular formula is C27H26N4O2. The van der Waals surface area contributed by atoms with E-state index in [1.165, 1.54) is 16.7 Å². The topological polar surface area (TPSA) is 61.6 Å². The van der Waals surface area contributed by atoms with Crippen LogP contribution in [0.15, 0.2) is 83.4 Å². The SMILES string of the molecule is O=C(Nc1noc2ccccc12)N1C[C@H]2CN(Cc3cccc(-c4ccccc4)c3)C[C@H]2C1. The highest BCUT2D eigenvalue weighted by molar-refractivity contribution is 5.98. The molecule has 2 saturated heterocycles. The molecule has 3 aromatic carbocycles. The first kappa shape index (κ1) is 20.0. The number of benzene rings is 3. The van der Waals surface area contributed by atoms with Gasteiger partial charge in [0.2, 0.25) is 0 Å². The summed E-state index contributed by atoms with van der Waals surface area (Å²) in [6.45, 7) is 4.57. The second-order valence-electron chi connectivity index (χ2n) is 9.14. The summed E-state index contributed by atoms with van der Waals surface area (Å²) < 4.78 is 5.30. The summed E-state index contributed by atoms with van der Waals surface area (Å²) in [6.07, 6.45) is 0. The van der Waals surface area contributed by atoms with Crippen LogP contribution in [0.1, 0.15) is 5.56 Å². The van der Waals surface area contributed by atoms with Crippen molar-refractivity contribution < 1.29 is 9.32 Å². The van der Waals surface area contributed by atoms with E-state index in [0.29, 0.717) is 23.2 Å². The maximum atomic E-state index is 12.9. The van der Waals surface area contributed by atoms with Gasteiger partial charge in [0.05, 0.1) is 5.39 Å². The van der Waals surface area contributed by atoms with Crippen molar-refractivity contribution in [2.24, 2.45) is 11.8 Å². The van der Waals surface area contributed by atoms with Crippen LogP contribution in [0.5, 0.6) is 0 Å². The Balaban J connectivity index is 1.06. The molecule has 33 heavy (non-hydrogen) atoms. The van der Waals surface area contributed by atoms with Crippen molar-refractivity contribution in [2.75, 3.05) is 31.5 Å². The van der Waals surface area contributed by atoms with Crippen molar-refractivity contribution in [2.45, 2.75) is 6.54 Å². The summed E-state index contributed by atoms with van der Waals surface area (Å²) in [6, 6.07) is 26.8. The van der Waals surface area contributed by atoms with Crippen molar-refractivity contribution in [3.05, 3.63) is 84.4 Å². The van der Waals surface area contributed by atoms with Crippen LogP contribution in [0, 0.1) is 11.8 Å². The van der Waals surface area contributed by atoms with Crippen LogP contribution in [0.3, 0.4) is 0 Å². The average molecular weight is 439 g/mol. The highest BCUT2D eigenvalue weighted by atomic mass is 16.5. The lowest BCUT2D eigenvalue weighted by molar-refractivity contribution is 0.211. The maximum absolute atomic E-state index is 12.9. The fraction of sp³-hybridized carbons (Fsp3) is 0.259. The highest BCUT2D eigenvalue weighted by Gasteiger charge is 2.41. The van der Waals surface area contributed by atoms with Gasteiger partial charge in [0.25, 0.3) is 0 Å². The second kappa shape index (κ2) is 8.37.